The van der Waals surface area contributed by atoms with Crippen molar-refractivity contribution in [1.29, 1.82) is 0 Å². The fourth-order valence-corrected chi connectivity index (χ4v) is 3.02. The van der Waals surface area contributed by atoms with Gasteiger partial charge in [0.25, 0.3) is 0 Å². The van der Waals surface area contributed by atoms with Crippen LogP contribution in [0.2, 0.25) is 10.0 Å². The molecule has 0 aliphatic heterocycles. The van der Waals surface area contributed by atoms with Crippen molar-refractivity contribution < 1.29 is 0 Å². The third-order valence-electron chi connectivity index (χ3n) is 2.94. The summed E-state index contributed by atoms with van der Waals surface area (Å²) >= 11 is 17.5. The molecule has 2 heterocycles. The van der Waals surface area contributed by atoms with Crippen LogP contribution in [0.25, 0.3) is 16.9 Å². The first kappa shape index (κ1) is 12.7. The molecule has 4 nitrogen and oxygen atoms in total. The van der Waals surface area contributed by atoms with Crippen molar-refractivity contribution in [3.05, 3.63) is 38.7 Å². The first-order valence-electron chi connectivity index (χ1n) is 5.58. The summed E-state index contributed by atoms with van der Waals surface area (Å²) in [6, 6.07) is 5.33. The number of hydrogen-bond donors (Lipinski definition) is 1. The molecule has 0 radical (unpaired) electrons. The van der Waals surface area contributed by atoms with E-state index in [1.807, 2.05) is 30.7 Å². The van der Waals surface area contributed by atoms with E-state index in [-0.39, 0.29) is 0 Å². The number of aromatic amines is 1. The number of imidazole rings is 1. The molecule has 0 saturated carbocycles. The molecule has 1 N–H and O–H groups in total. The molecule has 0 unspecified atom stereocenters. The SMILES string of the molecule is Cc1nn(C)c2c1[nH]c(=S)n2-c1cc(Cl)cc(Cl)c1. The highest BCUT2D eigenvalue weighted by Gasteiger charge is 2.14. The smallest absolute Gasteiger partial charge is 0.184 e. The summed E-state index contributed by atoms with van der Waals surface area (Å²) in [7, 11) is 1.88. The van der Waals surface area contributed by atoms with Gasteiger partial charge in [0.05, 0.1) is 11.4 Å². The molecule has 3 aromatic rings. The molecule has 98 valence electrons. The van der Waals surface area contributed by atoms with Crippen LogP contribution in [0.3, 0.4) is 0 Å². The molecule has 0 saturated heterocycles. The van der Waals surface area contributed by atoms with Crippen LogP contribution in [-0.4, -0.2) is 19.3 Å². The van der Waals surface area contributed by atoms with Gasteiger partial charge in [0.2, 0.25) is 0 Å². The van der Waals surface area contributed by atoms with E-state index in [0.717, 1.165) is 22.5 Å². The second-order valence-corrected chi connectivity index (χ2v) is 5.56. The molecule has 3 rings (SSSR count). The Kier molecular flexibility index (Phi) is 2.92. The minimum absolute atomic E-state index is 0.567. The topological polar surface area (TPSA) is 38.5 Å². The van der Waals surface area contributed by atoms with Gasteiger partial charge in [-0.05, 0) is 37.3 Å². The van der Waals surface area contributed by atoms with Crippen molar-refractivity contribution in [2.45, 2.75) is 6.92 Å². The molecule has 0 atom stereocenters. The highest BCUT2D eigenvalue weighted by atomic mass is 35.5. The maximum absolute atomic E-state index is 6.05. The summed E-state index contributed by atoms with van der Waals surface area (Å²) in [4.78, 5) is 3.16. The van der Waals surface area contributed by atoms with Crippen molar-refractivity contribution in [3.63, 3.8) is 0 Å². The summed E-state index contributed by atoms with van der Waals surface area (Å²) in [5.41, 5.74) is 3.52. The molecule has 19 heavy (non-hydrogen) atoms. The van der Waals surface area contributed by atoms with E-state index in [1.54, 1.807) is 10.7 Å². The standard InChI is InChI=1S/C12H10Cl2N4S/c1-6-10-11(17(2)16-6)18(12(19)15-10)9-4-7(13)3-8(14)5-9/h3-5H,1-2H3,(H,15,19). The summed E-state index contributed by atoms with van der Waals surface area (Å²) in [5, 5.41) is 5.51. The lowest BCUT2D eigenvalue weighted by Gasteiger charge is -2.06. The summed E-state index contributed by atoms with van der Waals surface area (Å²) in [5.74, 6) is 0. The lowest BCUT2D eigenvalue weighted by atomic mass is 10.3. The van der Waals surface area contributed by atoms with Crippen LogP contribution >= 0.6 is 35.4 Å². The van der Waals surface area contributed by atoms with Crippen molar-refractivity contribution in [2.75, 3.05) is 0 Å². The number of H-pyrrole nitrogens is 1. The minimum atomic E-state index is 0.567. The fraction of sp³-hybridized carbons (Fsp3) is 0.167. The zero-order valence-electron chi connectivity index (χ0n) is 10.2. The van der Waals surface area contributed by atoms with E-state index in [9.17, 15) is 0 Å². The van der Waals surface area contributed by atoms with Gasteiger partial charge in [-0.15, -0.1) is 0 Å². The number of benzene rings is 1. The molecule has 2 aromatic heterocycles. The Balaban J connectivity index is 2.42. The number of fused-ring (bicyclic) bond motifs is 1. The molecular formula is C12H10Cl2N4S. The van der Waals surface area contributed by atoms with E-state index in [4.69, 9.17) is 35.4 Å². The normalized spacial score (nSPS) is 11.4. The van der Waals surface area contributed by atoms with Crippen molar-refractivity contribution in [2.24, 2.45) is 7.05 Å². The number of aryl methyl sites for hydroxylation is 2. The second kappa shape index (κ2) is 4.37. The molecule has 1 aromatic carbocycles. The van der Waals surface area contributed by atoms with E-state index >= 15 is 0 Å². The molecule has 0 aliphatic carbocycles. The average molecular weight is 313 g/mol. The second-order valence-electron chi connectivity index (χ2n) is 4.30. The van der Waals surface area contributed by atoms with E-state index in [2.05, 4.69) is 10.1 Å². The molecule has 0 bridgehead atoms. The Bertz CT molecular complexity index is 823. The van der Waals surface area contributed by atoms with Crippen molar-refractivity contribution in [1.82, 2.24) is 19.3 Å². The molecule has 0 aliphatic rings. The van der Waals surface area contributed by atoms with Gasteiger partial charge in [0.1, 0.15) is 5.52 Å². The number of rotatable bonds is 1. The van der Waals surface area contributed by atoms with Crippen LogP contribution < -0.4 is 0 Å². The predicted octanol–water partition coefficient (Wildman–Crippen LogP) is 4.04. The van der Waals surface area contributed by atoms with E-state index in [0.29, 0.717) is 14.8 Å². The van der Waals surface area contributed by atoms with Crippen LogP contribution in [-0.2, 0) is 7.05 Å². The molecule has 7 heteroatoms. The Hall–Kier alpha value is -1.30. The largest absolute Gasteiger partial charge is 0.327 e. The quantitative estimate of drug-likeness (QED) is 0.689. The van der Waals surface area contributed by atoms with Gasteiger partial charge in [-0.1, -0.05) is 23.2 Å². The third kappa shape index (κ3) is 1.98. The van der Waals surface area contributed by atoms with Gasteiger partial charge in [0, 0.05) is 17.1 Å². The molecule has 0 fully saturated rings. The van der Waals surface area contributed by atoms with E-state index < -0.39 is 0 Å². The lowest BCUT2D eigenvalue weighted by molar-refractivity contribution is 0.759. The maximum atomic E-state index is 6.05. The summed E-state index contributed by atoms with van der Waals surface area (Å²) in [6.45, 7) is 1.93. The molecular weight excluding hydrogens is 303 g/mol. The first-order chi connectivity index (χ1) is 8.97. The van der Waals surface area contributed by atoms with Gasteiger partial charge in [0.15, 0.2) is 10.4 Å². The maximum Gasteiger partial charge on any atom is 0.184 e. The van der Waals surface area contributed by atoms with Crippen LogP contribution in [0, 0.1) is 11.7 Å². The van der Waals surface area contributed by atoms with E-state index in [1.165, 1.54) is 0 Å². The average Bonchev–Trinajstić information content (AvgIpc) is 2.76. The minimum Gasteiger partial charge on any atom is -0.327 e. The summed E-state index contributed by atoms with van der Waals surface area (Å²) < 4.78 is 4.25. The van der Waals surface area contributed by atoms with Gasteiger partial charge >= 0.3 is 0 Å². The lowest BCUT2D eigenvalue weighted by Crippen LogP contribution is -2.00. The highest BCUT2D eigenvalue weighted by molar-refractivity contribution is 7.71. The van der Waals surface area contributed by atoms with Crippen LogP contribution in [0.4, 0.5) is 0 Å². The third-order valence-corrected chi connectivity index (χ3v) is 3.67. The number of halogens is 2. The first-order valence-corrected chi connectivity index (χ1v) is 6.74. The van der Waals surface area contributed by atoms with Gasteiger partial charge < -0.3 is 4.98 Å². The monoisotopic (exact) mass is 312 g/mol. The van der Waals surface area contributed by atoms with Crippen LogP contribution in [0.1, 0.15) is 5.69 Å². The Morgan fingerprint density at radius 2 is 1.84 bits per heavy atom. The molecule has 0 spiro atoms. The fourth-order valence-electron chi connectivity index (χ4n) is 2.22. The Labute approximate surface area is 124 Å². The predicted molar refractivity (Wildman–Crippen MR) is 80.0 cm³/mol. The van der Waals surface area contributed by atoms with Gasteiger partial charge in [-0.25, -0.2) is 4.68 Å². The number of nitrogens with one attached hydrogen (secondary N) is 1. The zero-order valence-corrected chi connectivity index (χ0v) is 12.6. The Morgan fingerprint density at radius 1 is 1.21 bits per heavy atom. The van der Waals surface area contributed by atoms with Crippen molar-refractivity contribution in [3.8, 4) is 5.69 Å². The van der Waals surface area contributed by atoms with Crippen LogP contribution in [0.5, 0.6) is 0 Å². The highest BCUT2D eigenvalue weighted by Crippen LogP contribution is 2.26. The summed E-state index contributed by atoms with van der Waals surface area (Å²) in [6.07, 6.45) is 0. The van der Waals surface area contributed by atoms with Gasteiger partial charge in [-0.3, -0.25) is 4.57 Å². The number of hydrogen-bond acceptors (Lipinski definition) is 2. The zero-order chi connectivity index (χ0) is 13.7. The Morgan fingerprint density at radius 3 is 2.47 bits per heavy atom. The molecule has 0 amide bonds. The number of nitrogens with zero attached hydrogens (tertiary/aromatic N) is 3. The van der Waals surface area contributed by atoms with Crippen LogP contribution in [0.15, 0.2) is 18.2 Å². The van der Waals surface area contributed by atoms with Crippen molar-refractivity contribution >= 4 is 46.6 Å². The number of aromatic nitrogens is 4. The van der Waals surface area contributed by atoms with Gasteiger partial charge in [-0.2, -0.15) is 5.10 Å².